The van der Waals surface area contributed by atoms with E-state index in [4.69, 9.17) is 0 Å². The normalized spacial score (nSPS) is 10.2. The van der Waals surface area contributed by atoms with Crippen LogP contribution in [0.2, 0.25) is 0 Å². The number of fused-ring (bicyclic) bond motifs is 2. The number of anilines is 2. The van der Waals surface area contributed by atoms with Gasteiger partial charge in [-0.3, -0.25) is 0 Å². The highest BCUT2D eigenvalue weighted by Crippen LogP contribution is 2.30. The van der Waals surface area contributed by atoms with Crippen LogP contribution in [0.15, 0.2) is 77.8 Å². The van der Waals surface area contributed by atoms with Gasteiger partial charge in [-0.2, -0.15) is 10.3 Å². The molecule has 43 heavy (non-hydrogen) atoms. The maximum atomic E-state index is 12.3. The van der Waals surface area contributed by atoms with Crippen LogP contribution in [-0.4, -0.2) is 50.4 Å². The number of carbonyl (C=O) groups excluding carboxylic acids is 4. The van der Waals surface area contributed by atoms with Gasteiger partial charge in [0.1, 0.15) is 0 Å². The van der Waals surface area contributed by atoms with E-state index >= 15 is 0 Å². The fourth-order valence-electron chi connectivity index (χ4n) is 4.45. The molecule has 218 valence electrons. The standard InChI is InChI=1S/C31H30N8O4/c32-19-21-7-1-9-23-22(21)8-2-13-27(23)38-30(42)35-17-5-15-33-29(41)34-16-6-18-36-31(43)39-28-14-4-10-24-25(28)11-3-12-26(24)37-20-40/h1-4,7-14H,5-6,15-18H2,(H2,33,34,41)(H2,35,38,42)(H2,36,39,43). The van der Waals surface area contributed by atoms with E-state index in [1.54, 1.807) is 54.6 Å². The lowest BCUT2D eigenvalue weighted by atomic mass is 10.0. The third-order valence-electron chi connectivity index (χ3n) is 6.45. The molecule has 12 heteroatoms. The van der Waals surface area contributed by atoms with Gasteiger partial charge in [-0.25, -0.2) is 19.2 Å². The van der Waals surface area contributed by atoms with Gasteiger partial charge in [0, 0.05) is 47.7 Å². The number of urea groups is 3. The van der Waals surface area contributed by atoms with Crippen molar-refractivity contribution in [3.05, 3.63) is 78.4 Å². The molecule has 6 amide bonds. The van der Waals surface area contributed by atoms with Crippen LogP contribution in [-0.2, 0) is 4.79 Å². The second-order valence-corrected chi connectivity index (χ2v) is 9.35. The number of hydrogen-bond acceptors (Lipinski definition) is 6. The fourth-order valence-corrected chi connectivity index (χ4v) is 4.45. The molecule has 0 aliphatic carbocycles. The highest BCUT2D eigenvalue weighted by atomic mass is 16.2. The van der Waals surface area contributed by atoms with Gasteiger partial charge in [-0.1, -0.05) is 48.5 Å². The van der Waals surface area contributed by atoms with Crippen molar-refractivity contribution in [2.75, 3.05) is 36.8 Å². The summed E-state index contributed by atoms with van der Waals surface area (Å²) in [6.45, 7) is 1.40. The Kier molecular flexibility index (Phi) is 10.6. The second kappa shape index (κ2) is 15.2. The molecule has 0 unspecified atom stereocenters. The average molecular weight is 579 g/mol. The van der Waals surface area contributed by atoms with Crippen molar-refractivity contribution >= 4 is 62.8 Å². The molecular formula is C31H30N8O4. The van der Waals surface area contributed by atoms with Gasteiger partial charge in [0.25, 0.3) is 0 Å². The number of carbonyl (C=O) groups is 3. The fraction of sp³-hybridized carbons (Fsp3) is 0.194. The zero-order valence-corrected chi connectivity index (χ0v) is 23.2. The molecule has 4 rings (SSSR count). The first-order chi connectivity index (χ1) is 21.0. The van der Waals surface area contributed by atoms with E-state index in [0.29, 0.717) is 61.6 Å². The van der Waals surface area contributed by atoms with Gasteiger partial charge in [-0.15, -0.1) is 0 Å². The SMILES string of the molecule is N#Cc1cccc2c(NC(=O)NCCCNC(=O)NCCCNC(=O)Nc3cccc4c(N=C=O)cccc34)cccc12. The Balaban J connectivity index is 1.08. The first-order valence-corrected chi connectivity index (χ1v) is 13.6. The summed E-state index contributed by atoms with van der Waals surface area (Å²) in [6.07, 6.45) is 2.57. The van der Waals surface area contributed by atoms with Gasteiger partial charge in [0.2, 0.25) is 6.08 Å². The number of nitriles is 1. The Hall–Kier alpha value is -5.92. The molecule has 0 spiro atoms. The summed E-state index contributed by atoms with van der Waals surface area (Å²) < 4.78 is 0. The van der Waals surface area contributed by atoms with E-state index in [1.165, 1.54) is 6.08 Å². The number of aliphatic imine (C=N–C) groups is 1. The van der Waals surface area contributed by atoms with Gasteiger partial charge in [-0.05, 0) is 37.1 Å². The molecule has 4 aromatic carbocycles. The maximum absolute atomic E-state index is 12.3. The lowest BCUT2D eigenvalue weighted by molar-refractivity contribution is 0.240. The van der Waals surface area contributed by atoms with Crippen LogP contribution < -0.4 is 31.9 Å². The topological polar surface area (TPSA) is 177 Å². The number of nitrogens with one attached hydrogen (secondary N) is 6. The highest BCUT2D eigenvalue weighted by Gasteiger charge is 2.09. The van der Waals surface area contributed by atoms with E-state index < -0.39 is 6.03 Å². The molecular weight excluding hydrogens is 548 g/mol. The summed E-state index contributed by atoms with van der Waals surface area (Å²) in [7, 11) is 0. The van der Waals surface area contributed by atoms with Crippen LogP contribution in [0.3, 0.4) is 0 Å². The number of rotatable bonds is 11. The van der Waals surface area contributed by atoms with Crippen molar-refractivity contribution in [3.8, 4) is 6.07 Å². The van der Waals surface area contributed by atoms with Crippen LogP contribution in [0.1, 0.15) is 18.4 Å². The molecule has 0 saturated carbocycles. The van der Waals surface area contributed by atoms with Crippen molar-refractivity contribution < 1.29 is 19.2 Å². The Morgan fingerprint density at radius 2 is 1.07 bits per heavy atom. The van der Waals surface area contributed by atoms with E-state index in [0.717, 1.165) is 21.5 Å². The van der Waals surface area contributed by atoms with Crippen LogP contribution >= 0.6 is 0 Å². The van der Waals surface area contributed by atoms with Crippen molar-refractivity contribution in [2.45, 2.75) is 12.8 Å². The molecule has 0 aromatic heterocycles. The van der Waals surface area contributed by atoms with Crippen LogP contribution in [0.5, 0.6) is 0 Å². The number of nitrogens with zero attached hydrogens (tertiary/aromatic N) is 2. The predicted molar refractivity (Wildman–Crippen MR) is 165 cm³/mol. The third kappa shape index (κ3) is 8.29. The zero-order chi connectivity index (χ0) is 30.4. The van der Waals surface area contributed by atoms with Crippen LogP contribution in [0, 0.1) is 11.3 Å². The Bertz CT molecular complexity index is 1730. The van der Waals surface area contributed by atoms with E-state index in [2.05, 4.69) is 43.0 Å². The van der Waals surface area contributed by atoms with Crippen molar-refractivity contribution in [1.82, 2.24) is 21.3 Å². The Labute approximate surface area is 247 Å². The zero-order valence-electron chi connectivity index (χ0n) is 23.2. The number of isocyanates is 1. The lowest BCUT2D eigenvalue weighted by Crippen LogP contribution is -2.39. The summed E-state index contributed by atoms with van der Waals surface area (Å²) >= 11 is 0. The number of benzene rings is 4. The monoisotopic (exact) mass is 578 g/mol. The maximum Gasteiger partial charge on any atom is 0.319 e. The number of hydrogen-bond donors (Lipinski definition) is 6. The largest absolute Gasteiger partial charge is 0.338 e. The van der Waals surface area contributed by atoms with Gasteiger partial charge in [0.05, 0.1) is 28.7 Å². The minimum absolute atomic E-state index is 0.338. The predicted octanol–water partition coefficient (Wildman–Crippen LogP) is 4.85. The molecule has 4 aromatic rings. The molecule has 6 N–H and O–H groups in total. The smallest absolute Gasteiger partial charge is 0.319 e. The first kappa shape index (κ1) is 30.0. The van der Waals surface area contributed by atoms with Crippen molar-refractivity contribution in [3.63, 3.8) is 0 Å². The Morgan fingerprint density at radius 1 is 0.605 bits per heavy atom. The summed E-state index contributed by atoms with van der Waals surface area (Å²) in [6, 6.07) is 22.3. The number of amides is 6. The molecule has 12 nitrogen and oxygen atoms in total. The molecule has 0 saturated heterocycles. The minimum atomic E-state index is -0.398. The molecule has 0 heterocycles. The van der Waals surface area contributed by atoms with Gasteiger partial charge >= 0.3 is 18.1 Å². The van der Waals surface area contributed by atoms with Crippen LogP contribution in [0.4, 0.5) is 31.4 Å². The summed E-state index contributed by atoms with van der Waals surface area (Å²) in [4.78, 5) is 51.1. The van der Waals surface area contributed by atoms with Gasteiger partial charge < -0.3 is 31.9 Å². The van der Waals surface area contributed by atoms with Gasteiger partial charge in [0.15, 0.2) is 0 Å². The van der Waals surface area contributed by atoms with E-state index in [9.17, 15) is 24.4 Å². The quantitative estimate of drug-likeness (QED) is 0.0845. The van der Waals surface area contributed by atoms with E-state index in [-0.39, 0.29) is 12.1 Å². The third-order valence-corrected chi connectivity index (χ3v) is 6.45. The molecule has 0 fully saturated rings. The summed E-state index contributed by atoms with van der Waals surface area (Å²) in [5.74, 6) is 0. The molecule has 0 aliphatic rings. The Morgan fingerprint density at radius 3 is 1.63 bits per heavy atom. The molecule has 0 aliphatic heterocycles. The van der Waals surface area contributed by atoms with Crippen LogP contribution in [0.25, 0.3) is 21.5 Å². The summed E-state index contributed by atoms with van der Waals surface area (Å²) in [5, 5.41) is 28.8. The summed E-state index contributed by atoms with van der Waals surface area (Å²) in [5.41, 5.74) is 2.18. The highest BCUT2D eigenvalue weighted by molar-refractivity contribution is 6.05. The molecule has 0 radical (unpaired) electrons. The lowest BCUT2D eigenvalue weighted by Gasteiger charge is -2.12. The first-order valence-electron chi connectivity index (χ1n) is 13.6. The van der Waals surface area contributed by atoms with Crippen molar-refractivity contribution in [2.24, 2.45) is 4.99 Å². The second-order valence-electron chi connectivity index (χ2n) is 9.35. The molecule has 0 atom stereocenters. The average Bonchev–Trinajstić information content (AvgIpc) is 3.01. The molecule has 0 bridgehead atoms. The minimum Gasteiger partial charge on any atom is -0.338 e. The van der Waals surface area contributed by atoms with E-state index in [1.807, 2.05) is 18.2 Å². The van der Waals surface area contributed by atoms with Crippen molar-refractivity contribution in [1.29, 1.82) is 5.26 Å².